The number of likely N-dealkylation sites (tertiary alicyclic amines) is 1. The molecule has 3 rings (SSSR count). The fourth-order valence-corrected chi connectivity index (χ4v) is 3.94. The SMILES string of the molecule is COc1ccccc1OCC(=O)N1CCC[C@@]2(CCC[C@H]2O)C1. The van der Waals surface area contributed by atoms with E-state index in [4.69, 9.17) is 9.47 Å². The van der Waals surface area contributed by atoms with Crippen molar-refractivity contribution in [1.29, 1.82) is 0 Å². The Hall–Kier alpha value is -1.75. The number of para-hydroxylation sites is 2. The van der Waals surface area contributed by atoms with Gasteiger partial charge < -0.3 is 19.5 Å². The van der Waals surface area contributed by atoms with Crippen LogP contribution in [0.4, 0.5) is 0 Å². The first-order valence-corrected chi connectivity index (χ1v) is 8.36. The Morgan fingerprint density at radius 2 is 2.04 bits per heavy atom. The van der Waals surface area contributed by atoms with Crippen LogP contribution in [0.2, 0.25) is 0 Å². The van der Waals surface area contributed by atoms with Crippen LogP contribution in [0.15, 0.2) is 24.3 Å². The van der Waals surface area contributed by atoms with Crippen LogP contribution >= 0.6 is 0 Å². The Morgan fingerprint density at radius 1 is 1.30 bits per heavy atom. The number of aliphatic hydroxyl groups is 1. The summed E-state index contributed by atoms with van der Waals surface area (Å²) in [4.78, 5) is 14.4. The van der Waals surface area contributed by atoms with Crippen LogP contribution in [0.3, 0.4) is 0 Å². The maximum absolute atomic E-state index is 12.5. The van der Waals surface area contributed by atoms with E-state index in [1.807, 2.05) is 23.1 Å². The first kappa shape index (κ1) is 16.1. The standard InChI is InChI=1S/C18H25NO4/c1-22-14-6-2-3-7-15(14)23-12-17(21)19-11-5-10-18(13-19)9-4-8-16(18)20/h2-3,6-7,16,20H,4-5,8-13H2,1H3/t16-,18+/m1/s1. The molecule has 1 heterocycles. The van der Waals surface area contributed by atoms with Crippen molar-refractivity contribution in [3.63, 3.8) is 0 Å². The van der Waals surface area contributed by atoms with Crippen molar-refractivity contribution in [1.82, 2.24) is 4.90 Å². The van der Waals surface area contributed by atoms with Crippen LogP contribution in [0, 0.1) is 5.41 Å². The molecule has 0 aromatic heterocycles. The van der Waals surface area contributed by atoms with Crippen molar-refractivity contribution in [2.24, 2.45) is 5.41 Å². The van der Waals surface area contributed by atoms with Crippen molar-refractivity contribution in [3.05, 3.63) is 24.3 Å². The minimum atomic E-state index is -0.270. The number of piperidine rings is 1. The molecule has 2 fully saturated rings. The third-order valence-electron chi connectivity index (χ3n) is 5.24. The molecule has 1 spiro atoms. The van der Waals surface area contributed by atoms with Gasteiger partial charge in [0.25, 0.3) is 5.91 Å². The molecule has 0 bridgehead atoms. The smallest absolute Gasteiger partial charge is 0.260 e. The third kappa shape index (κ3) is 3.29. The number of rotatable bonds is 4. The van der Waals surface area contributed by atoms with Gasteiger partial charge in [-0.25, -0.2) is 0 Å². The van der Waals surface area contributed by atoms with Crippen LogP contribution in [-0.4, -0.2) is 48.8 Å². The second-order valence-electron chi connectivity index (χ2n) is 6.63. The van der Waals surface area contributed by atoms with Crippen molar-refractivity contribution in [2.45, 2.75) is 38.2 Å². The molecule has 23 heavy (non-hydrogen) atoms. The van der Waals surface area contributed by atoms with Gasteiger partial charge in [-0.1, -0.05) is 18.6 Å². The quantitative estimate of drug-likeness (QED) is 0.924. The number of aliphatic hydroxyl groups excluding tert-OH is 1. The zero-order valence-corrected chi connectivity index (χ0v) is 13.7. The second kappa shape index (κ2) is 6.79. The Balaban J connectivity index is 1.60. The van der Waals surface area contributed by atoms with E-state index in [2.05, 4.69) is 0 Å². The molecule has 1 N–H and O–H groups in total. The van der Waals surface area contributed by atoms with Gasteiger partial charge in [-0.15, -0.1) is 0 Å². The summed E-state index contributed by atoms with van der Waals surface area (Å²) in [6.45, 7) is 1.41. The molecule has 1 amide bonds. The lowest BCUT2D eigenvalue weighted by atomic mass is 9.76. The highest BCUT2D eigenvalue weighted by atomic mass is 16.5. The zero-order valence-electron chi connectivity index (χ0n) is 13.7. The predicted octanol–water partition coefficient (Wildman–Crippen LogP) is 2.23. The number of ether oxygens (including phenoxy) is 2. The highest BCUT2D eigenvalue weighted by Gasteiger charge is 2.45. The third-order valence-corrected chi connectivity index (χ3v) is 5.24. The number of hydrogen-bond donors (Lipinski definition) is 1. The summed E-state index contributed by atoms with van der Waals surface area (Å²) in [7, 11) is 1.58. The molecule has 1 saturated heterocycles. The number of amides is 1. The van der Waals surface area contributed by atoms with E-state index in [1.165, 1.54) is 0 Å². The molecule has 1 aromatic carbocycles. The summed E-state index contributed by atoms with van der Waals surface area (Å²) in [6.07, 6.45) is 4.64. The average Bonchev–Trinajstić information content (AvgIpc) is 2.93. The Labute approximate surface area is 137 Å². The van der Waals surface area contributed by atoms with Gasteiger partial charge in [0.2, 0.25) is 0 Å². The normalized spacial score (nSPS) is 27.2. The molecule has 0 radical (unpaired) electrons. The van der Waals surface area contributed by atoms with Gasteiger partial charge in [0.05, 0.1) is 13.2 Å². The Bertz CT molecular complexity index is 562. The molecule has 5 heteroatoms. The number of carbonyl (C=O) groups is 1. The molecular weight excluding hydrogens is 294 g/mol. The second-order valence-corrected chi connectivity index (χ2v) is 6.63. The molecule has 1 aromatic rings. The monoisotopic (exact) mass is 319 g/mol. The lowest BCUT2D eigenvalue weighted by molar-refractivity contribution is -0.138. The highest BCUT2D eigenvalue weighted by Crippen LogP contribution is 2.45. The summed E-state index contributed by atoms with van der Waals surface area (Å²) in [5, 5.41) is 10.3. The molecule has 1 aliphatic heterocycles. The van der Waals surface area contributed by atoms with Crippen LogP contribution in [-0.2, 0) is 4.79 Å². The van der Waals surface area contributed by atoms with Gasteiger partial charge in [0.1, 0.15) is 0 Å². The number of carbonyl (C=O) groups excluding carboxylic acids is 1. The molecule has 1 aliphatic carbocycles. The topological polar surface area (TPSA) is 59.0 Å². The van der Waals surface area contributed by atoms with Gasteiger partial charge in [-0.05, 0) is 37.8 Å². The largest absolute Gasteiger partial charge is 0.493 e. The van der Waals surface area contributed by atoms with Crippen LogP contribution in [0.5, 0.6) is 11.5 Å². The van der Waals surface area contributed by atoms with Crippen molar-refractivity contribution < 1.29 is 19.4 Å². The molecule has 1 saturated carbocycles. The minimum absolute atomic E-state index is 0.00650. The van der Waals surface area contributed by atoms with E-state index in [0.717, 1.165) is 38.6 Å². The average molecular weight is 319 g/mol. The van der Waals surface area contributed by atoms with Gasteiger partial charge >= 0.3 is 0 Å². The number of methoxy groups -OCH3 is 1. The van der Waals surface area contributed by atoms with E-state index >= 15 is 0 Å². The van der Waals surface area contributed by atoms with Crippen LogP contribution in [0.25, 0.3) is 0 Å². The minimum Gasteiger partial charge on any atom is -0.493 e. The molecule has 126 valence electrons. The molecular formula is C18H25NO4. The van der Waals surface area contributed by atoms with Crippen molar-refractivity contribution in [3.8, 4) is 11.5 Å². The van der Waals surface area contributed by atoms with Gasteiger partial charge in [-0.3, -0.25) is 4.79 Å². The van der Waals surface area contributed by atoms with Crippen LogP contribution < -0.4 is 9.47 Å². The zero-order chi connectivity index (χ0) is 16.3. The van der Waals surface area contributed by atoms with E-state index in [-0.39, 0.29) is 24.0 Å². The van der Waals surface area contributed by atoms with E-state index < -0.39 is 0 Å². The number of hydrogen-bond acceptors (Lipinski definition) is 4. The molecule has 2 aliphatic rings. The summed E-state index contributed by atoms with van der Waals surface area (Å²) in [5.41, 5.74) is -0.0850. The summed E-state index contributed by atoms with van der Waals surface area (Å²) >= 11 is 0. The molecule has 0 unspecified atom stereocenters. The summed E-state index contributed by atoms with van der Waals surface area (Å²) < 4.78 is 10.9. The fraction of sp³-hybridized carbons (Fsp3) is 0.611. The Morgan fingerprint density at radius 3 is 2.74 bits per heavy atom. The summed E-state index contributed by atoms with van der Waals surface area (Å²) in [5.74, 6) is 1.19. The first-order valence-electron chi connectivity index (χ1n) is 8.36. The lowest BCUT2D eigenvalue weighted by Crippen LogP contribution is -2.50. The molecule has 5 nitrogen and oxygen atoms in total. The van der Waals surface area contributed by atoms with E-state index in [1.54, 1.807) is 13.2 Å². The number of benzene rings is 1. The summed E-state index contributed by atoms with van der Waals surface area (Å²) in [6, 6.07) is 7.33. The molecule has 2 atom stereocenters. The maximum Gasteiger partial charge on any atom is 0.260 e. The maximum atomic E-state index is 12.5. The van der Waals surface area contributed by atoms with Gasteiger partial charge in [-0.2, -0.15) is 0 Å². The van der Waals surface area contributed by atoms with Crippen molar-refractivity contribution in [2.75, 3.05) is 26.8 Å². The predicted molar refractivity (Wildman–Crippen MR) is 86.6 cm³/mol. The van der Waals surface area contributed by atoms with Gasteiger partial charge in [0, 0.05) is 18.5 Å². The van der Waals surface area contributed by atoms with Crippen molar-refractivity contribution >= 4 is 5.91 Å². The van der Waals surface area contributed by atoms with Crippen LogP contribution in [0.1, 0.15) is 32.1 Å². The first-order chi connectivity index (χ1) is 11.1. The number of nitrogens with zero attached hydrogens (tertiary/aromatic N) is 1. The highest BCUT2D eigenvalue weighted by molar-refractivity contribution is 5.78. The lowest BCUT2D eigenvalue weighted by Gasteiger charge is -2.42. The fourth-order valence-electron chi connectivity index (χ4n) is 3.94. The van der Waals surface area contributed by atoms with E-state index in [0.29, 0.717) is 18.0 Å². The van der Waals surface area contributed by atoms with E-state index in [9.17, 15) is 9.90 Å². The Kier molecular flexibility index (Phi) is 4.76. The van der Waals surface area contributed by atoms with Gasteiger partial charge in [0.15, 0.2) is 18.1 Å².